The van der Waals surface area contributed by atoms with Crippen molar-refractivity contribution in [3.63, 3.8) is 0 Å². The molecule has 0 fully saturated rings. The highest BCUT2D eigenvalue weighted by molar-refractivity contribution is 9.10. The molecule has 0 aliphatic heterocycles. The van der Waals surface area contributed by atoms with E-state index >= 15 is 0 Å². The van der Waals surface area contributed by atoms with Gasteiger partial charge in [-0.1, -0.05) is 47.8 Å². The van der Waals surface area contributed by atoms with E-state index in [-0.39, 0.29) is 0 Å². The highest BCUT2D eigenvalue weighted by Gasteiger charge is 2.08. The topological polar surface area (TPSA) is 0 Å². The molecule has 0 aliphatic rings. The summed E-state index contributed by atoms with van der Waals surface area (Å²) in [4.78, 5) is 0. The third-order valence-corrected chi connectivity index (χ3v) is 3.05. The minimum absolute atomic E-state index is 0.551. The number of rotatable bonds is 3. The van der Waals surface area contributed by atoms with Crippen LogP contribution in [0.3, 0.4) is 0 Å². The van der Waals surface area contributed by atoms with E-state index in [1.807, 2.05) is 12.1 Å². The van der Waals surface area contributed by atoms with Gasteiger partial charge in [0.25, 0.3) is 0 Å². The molecular weight excluding hydrogens is 247 g/mol. The van der Waals surface area contributed by atoms with Gasteiger partial charge in [0.1, 0.15) is 0 Å². The number of hydrogen-bond donors (Lipinski definition) is 0. The molecule has 0 heterocycles. The zero-order valence-corrected chi connectivity index (χ0v) is 10.3. The van der Waals surface area contributed by atoms with E-state index in [9.17, 15) is 0 Å². The van der Waals surface area contributed by atoms with Gasteiger partial charge >= 0.3 is 0 Å². The second-order valence-electron chi connectivity index (χ2n) is 3.36. The number of halogens is 2. The first kappa shape index (κ1) is 11.1. The Kier molecular flexibility index (Phi) is 4.27. The molecule has 0 spiro atoms. The fourth-order valence-corrected chi connectivity index (χ4v) is 2.16. The van der Waals surface area contributed by atoms with Gasteiger partial charge in [0.05, 0.1) is 0 Å². The van der Waals surface area contributed by atoms with Crippen LogP contribution in [-0.4, -0.2) is 0 Å². The highest BCUT2D eigenvalue weighted by Crippen LogP contribution is 2.30. The van der Waals surface area contributed by atoms with E-state index in [1.54, 1.807) is 0 Å². The normalized spacial score (nSPS) is 12.9. The maximum Gasteiger partial charge on any atom is 0.0441 e. The van der Waals surface area contributed by atoms with Crippen LogP contribution in [-0.2, 0) is 0 Å². The summed E-state index contributed by atoms with van der Waals surface area (Å²) in [7, 11) is 0. The second kappa shape index (κ2) is 5.02. The van der Waals surface area contributed by atoms with Crippen LogP contribution in [0.25, 0.3) is 0 Å². The molecule has 0 saturated carbocycles. The Morgan fingerprint density at radius 3 is 2.77 bits per heavy atom. The molecule has 1 aromatic rings. The van der Waals surface area contributed by atoms with Crippen LogP contribution in [0.15, 0.2) is 22.7 Å². The molecule has 0 radical (unpaired) electrons. The lowest BCUT2D eigenvalue weighted by Gasteiger charge is -2.12. The average Bonchev–Trinajstić information content (AvgIpc) is 2.09. The Morgan fingerprint density at radius 2 is 2.15 bits per heavy atom. The van der Waals surface area contributed by atoms with Crippen LogP contribution in [0.1, 0.15) is 38.2 Å². The summed E-state index contributed by atoms with van der Waals surface area (Å²) in [5.41, 5.74) is 1.25. The van der Waals surface area contributed by atoms with Crippen LogP contribution in [0, 0.1) is 0 Å². The van der Waals surface area contributed by atoms with Crippen LogP contribution >= 0.6 is 27.5 Å². The summed E-state index contributed by atoms with van der Waals surface area (Å²) in [5, 5.41) is 0.879. The summed E-state index contributed by atoms with van der Waals surface area (Å²) < 4.78 is 1.11. The van der Waals surface area contributed by atoms with Gasteiger partial charge in [0.2, 0.25) is 0 Å². The first-order valence-electron chi connectivity index (χ1n) is 4.60. The van der Waals surface area contributed by atoms with Gasteiger partial charge in [-0.15, -0.1) is 0 Å². The monoisotopic (exact) mass is 260 g/mol. The van der Waals surface area contributed by atoms with Crippen molar-refractivity contribution in [3.8, 4) is 0 Å². The molecule has 0 bridgehead atoms. The quantitative estimate of drug-likeness (QED) is 0.718. The largest absolute Gasteiger partial charge is 0.0840 e. The summed E-state index contributed by atoms with van der Waals surface area (Å²) >= 11 is 9.56. The van der Waals surface area contributed by atoms with Crippen molar-refractivity contribution in [2.75, 3.05) is 0 Å². The smallest absolute Gasteiger partial charge is 0.0441 e. The third kappa shape index (κ3) is 2.99. The Morgan fingerprint density at radius 1 is 1.46 bits per heavy atom. The molecule has 0 aliphatic carbocycles. The van der Waals surface area contributed by atoms with Crippen molar-refractivity contribution in [2.24, 2.45) is 0 Å². The molecule has 0 nitrogen and oxygen atoms in total. The predicted molar refractivity (Wildman–Crippen MR) is 62.5 cm³/mol. The first-order valence-corrected chi connectivity index (χ1v) is 5.77. The average molecular weight is 262 g/mol. The lowest BCUT2D eigenvalue weighted by Crippen LogP contribution is -1.93. The summed E-state index contributed by atoms with van der Waals surface area (Å²) in [6.07, 6.45) is 2.39. The molecule has 0 N–H and O–H groups in total. The van der Waals surface area contributed by atoms with Crippen molar-refractivity contribution in [1.82, 2.24) is 0 Å². The Hall–Kier alpha value is -0.0100. The van der Waals surface area contributed by atoms with E-state index in [4.69, 9.17) is 11.6 Å². The molecule has 1 atom stereocenters. The molecule has 0 aromatic heterocycles. The van der Waals surface area contributed by atoms with Gasteiger partial charge in [-0.25, -0.2) is 0 Å². The molecule has 2 heteroatoms. The van der Waals surface area contributed by atoms with Crippen LogP contribution in [0.4, 0.5) is 0 Å². The fourth-order valence-electron chi connectivity index (χ4n) is 1.48. The Balaban J connectivity index is 2.91. The van der Waals surface area contributed by atoms with Crippen molar-refractivity contribution in [1.29, 1.82) is 0 Å². The zero-order valence-electron chi connectivity index (χ0n) is 7.98. The van der Waals surface area contributed by atoms with Gasteiger partial charge < -0.3 is 0 Å². The van der Waals surface area contributed by atoms with E-state index in [1.165, 1.54) is 18.4 Å². The first-order chi connectivity index (χ1) is 6.15. The van der Waals surface area contributed by atoms with Crippen molar-refractivity contribution >= 4 is 27.5 Å². The van der Waals surface area contributed by atoms with Crippen LogP contribution < -0.4 is 0 Å². The molecule has 13 heavy (non-hydrogen) atoms. The Labute approximate surface area is 93.4 Å². The number of hydrogen-bond acceptors (Lipinski definition) is 0. The van der Waals surface area contributed by atoms with Gasteiger partial charge in [-0.3, -0.25) is 0 Å². The summed E-state index contributed by atoms with van der Waals surface area (Å²) in [6, 6.07) is 6.04. The summed E-state index contributed by atoms with van der Waals surface area (Å²) in [6.45, 7) is 4.42. The minimum atomic E-state index is 0.551. The van der Waals surface area contributed by atoms with Crippen LogP contribution in [0.5, 0.6) is 0 Å². The third-order valence-electron chi connectivity index (χ3n) is 2.21. The molecule has 0 saturated heterocycles. The molecule has 1 aromatic carbocycles. The minimum Gasteiger partial charge on any atom is -0.0840 e. The lowest BCUT2D eigenvalue weighted by atomic mass is 9.97. The predicted octanol–water partition coefficient (Wildman–Crippen LogP) is 5.01. The maximum absolute atomic E-state index is 6.11. The molecule has 72 valence electrons. The Bertz CT molecular complexity index is 283. The van der Waals surface area contributed by atoms with E-state index in [0.29, 0.717) is 5.92 Å². The van der Waals surface area contributed by atoms with Crippen LogP contribution in [0.2, 0.25) is 5.02 Å². The molecular formula is C11H14BrCl. The highest BCUT2D eigenvalue weighted by atomic mass is 79.9. The van der Waals surface area contributed by atoms with Gasteiger partial charge in [0, 0.05) is 9.50 Å². The molecule has 0 amide bonds. The standard InChI is InChI=1S/C11H14BrCl/c1-3-4-8(2)10-7-9(12)5-6-11(10)13/h5-8H,3-4H2,1-2H3. The SMILES string of the molecule is CCCC(C)c1cc(Br)ccc1Cl. The van der Waals surface area contributed by atoms with Gasteiger partial charge in [-0.2, -0.15) is 0 Å². The summed E-state index contributed by atoms with van der Waals surface area (Å²) in [5.74, 6) is 0.551. The lowest BCUT2D eigenvalue weighted by molar-refractivity contribution is 0.665. The van der Waals surface area contributed by atoms with Crippen molar-refractivity contribution in [2.45, 2.75) is 32.6 Å². The van der Waals surface area contributed by atoms with Crippen molar-refractivity contribution in [3.05, 3.63) is 33.3 Å². The van der Waals surface area contributed by atoms with E-state index in [2.05, 4.69) is 35.8 Å². The molecule has 1 unspecified atom stereocenters. The van der Waals surface area contributed by atoms with E-state index < -0.39 is 0 Å². The van der Waals surface area contributed by atoms with Crippen molar-refractivity contribution < 1.29 is 0 Å². The van der Waals surface area contributed by atoms with Gasteiger partial charge in [-0.05, 0) is 36.1 Å². The number of benzene rings is 1. The fraction of sp³-hybridized carbons (Fsp3) is 0.455. The maximum atomic E-state index is 6.11. The molecule has 1 rings (SSSR count). The van der Waals surface area contributed by atoms with E-state index in [0.717, 1.165) is 9.50 Å². The zero-order chi connectivity index (χ0) is 9.84. The second-order valence-corrected chi connectivity index (χ2v) is 4.68. The van der Waals surface area contributed by atoms with Gasteiger partial charge in [0.15, 0.2) is 0 Å².